The standard InChI is InChI=1S/C20H24ClIN6O/c1-11(2)10-24-4-5-28-16(25-17-18(23)26-20(21)27-19(17)28)8-13-7-12-3-6-29-15(12)9-14(13)22/h7,9,11,24H,3-6,8,10H2,1-2H3,(H2,23,26,27). The third-order valence-corrected chi connectivity index (χ3v) is 6.12. The number of aromatic nitrogens is 4. The quantitative estimate of drug-likeness (QED) is 0.278. The van der Waals surface area contributed by atoms with Gasteiger partial charge >= 0.3 is 0 Å². The molecule has 0 bridgehead atoms. The number of imidazole rings is 1. The average molecular weight is 527 g/mol. The summed E-state index contributed by atoms with van der Waals surface area (Å²) in [7, 11) is 0. The second-order valence-electron chi connectivity index (χ2n) is 7.65. The van der Waals surface area contributed by atoms with Gasteiger partial charge in [0.15, 0.2) is 17.0 Å². The monoisotopic (exact) mass is 526 g/mol. The van der Waals surface area contributed by atoms with Crippen molar-refractivity contribution in [2.45, 2.75) is 33.2 Å². The van der Waals surface area contributed by atoms with Crippen LogP contribution in [-0.4, -0.2) is 39.2 Å². The van der Waals surface area contributed by atoms with E-state index >= 15 is 0 Å². The zero-order valence-corrected chi connectivity index (χ0v) is 19.4. The smallest absolute Gasteiger partial charge is 0.226 e. The molecular formula is C20H24ClIN6O. The summed E-state index contributed by atoms with van der Waals surface area (Å²) in [6, 6.07) is 4.34. The van der Waals surface area contributed by atoms with E-state index in [0.717, 1.165) is 47.8 Å². The van der Waals surface area contributed by atoms with Crippen molar-refractivity contribution < 1.29 is 4.74 Å². The van der Waals surface area contributed by atoms with Crippen molar-refractivity contribution in [1.29, 1.82) is 0 Å². The molecule has 0 atom stereocenters. The van der Waals surface area contributed by atoms with Crippen LogP contribution in [0.25, 0.3) is 11.2 Å². The summed E-state index contributed by atoms with van der Waals surface area (Å²) in [5.41, 5.74) is 9.85. The fourth-order valence-electron chi connectivity index (χ4n) is 3.55. The van der Waals surface area contributed by atoms with E-state index < -0.39 is 0 Å². The van der Waals surface area contributed by atoms with Crippen molar-refractivity contribution in [3.05, 3.63) is 37.9 Å². The molecule has 7 nitrogen and oxygen atoms in total. The summed E-state index contributed by atoms with van der Waals surface area (Å²) >= 11 is 8.44. The molecule has 3 aromatic rings. The van der Waals surface area contributed by atoms with E-state index in [2.05, 4.69) is 68.4 Å². The van der Waals surface area contributed by atoms with Gasteiger partial charge in [0, 0.05) is 29.5 Å². The molecule has 4 rings (SSSR count). The van der Waals surface area contributed by atoms with Crippen LogP contribution in [0.1, 0.15) is 30.8 Å². The Bertz CT molecular complexity index is 1050. The number of hydrogen-bond acceptors (Lipinski definition) is 6. The number of ether oxygens (including phenoxy) is 1. The zero-order chi connectivity index (χ0) is 20.5. The lowest BCUT2D eigenvalue weighted by atomic mass is 10.1. The molecule has 0 radical (unpaired) electrons. The molecule has 0 saturated carbocycles. The molecule has 0 unspecified atom stereocenters. The Hall–Kier alpha value is -1.65. The van der Waals surface area contributed by atoms with Crippen LogP contribution in [0, 0.1) is 9.49 Å². The number of benzene rings is 1. The van der Waals surface area contributed by atoms with Gasteiger partial charge in [-0.25, -0.2) is 4.98 Å². The van der Waals surface area contributed by atoms with Crippen LogP contribution in [0.4, 0.5) is 5.82 Å². The van der Waals surface area contributed by atoms with E-state index in [0.29, 0.717) is 29.3 Å². The lowest BCUT2D eigenvalue weighted by molar-refractivity contribution is 0.356. The van der Waals surface area contributed by atoms with Gasteiger partial charge in [-0.1, -0.05) is 19.9 Å². The van der Waals surface area contributed by atoms with E-state index in [1.54, 1.807) is 0 Å². The Morgan fingerprint density at radius 2 is 2.14 bits per heavy atom. The fraction of sp³-hybridized carbons (Fsp3) is 0.450. The van der Waals surface area contributed by atoms with Crippen LogP contribution < -0.4 is 15.8 Å². The molecule has 29 heavy (non-hydrogen) atoms. The SMILES string of the molecule is CC(C)CNCCn1c(Cc2cc3c(cc2I)OCC3)nc2c(N)nc(Cl)nc21. The van der Waals surface area contributed by atoms with Crippen LogP contribution in [0.2, 0.25) is 5.28 Å². The molecule has 1 aromatic carbocycles. The van der Waals surface area contributed by atoms with Crippen molar-refractivity contribution in [2.75, 3.05) is 25.4 Å². The first-order valence-electron chi connectivity index (χ1n) is 9.75. The summed E-state index contributed by atoms with van der Waals surface area (Å²) in [4.78, 5) is 13.3. The Kier molecular flexibility index (Phi) is 6.12. The maximum Gasteiger partial charge on any atom is 0.226 e. The highest BCUT2D eigenvalue weighted by molar-refractivity contribution is 14.1. The molecule has 154 valence electrons. The normalized spacial score (nSPS) is 13.3. The van der Waals surface area contributed by atoms with Crippen LogP contribution in [-0.2, 0) is 19.4 Å². The Labute approximate surface area is 188 Å². The van der Waals surface area contributed by atoms with E-state index in [1.807, 2.05) is 0 Å². The van der Waals surface area contributed by atoms with Gasteiger partial charge in [0.25, 0.3) is 0 Å². The first kappa shape index (κ1) is 20.6. The number of anilines is 1. The number of halogens is 2. The van der Waals surface area contributed by atoms with Crippen molar-refractivity contribution >= 4 is 51.2 Å². The fourth-order valence-corrected chi connectivity index (χ4v) is 4.35. The Morgan fingerprint density at radius 3 is 2.93 bits per heavy atom. The van der Waals surface area contributed by atoms with Crippen molar-refractivity contribution in [2.24, 2.45) is 5.92 Å². The Balaban J connectivity index is 1.69. The topological polar surface area (TPSA) is 90.9 Å². The molecular weight excluding hydrogens is 503 g/mol. The second-order valence-corrected chi connectivity index (χ2v) is 9.15. The van der Waals surface area contributed by atoms with Gasteiger partial charge in [-0.2, -0.15) is 9.97 Å². The zero-order valence-electron chi connectivity index (χ0n) is 16.5. The number of nitrogens with one attached hydrogen (secondary N) is 1. The van der Waals surface area contributed by atoms with Crippen molar-refractivity contribution in [3.63, 3.8) is 0 Å². The van der Waals surface area contributed by atoms with Crippen molar-refractivity contribution in [1.82, 2.24) is 24.8 Å². The summed E-state index contributed by atoms with van der Waals surface area (Å²) < 4.78 is 8.95. The minimum absolute atomic E-state index is 0.141. The molecule has 3 N–H and O–H groups in total. The van der Waals surface area contributed by atoms with E-state index in [-0.39, 0.29) is 5.28 Å². The van der Waals surface area contributed by atoms with Crippen LogP contribution >= 0.6 is 34.2 Å². The van der Waals surface area contributed by atoms with Gasteiger partial charge in [-0.15, -0.1) is 0 Å². The average Bonchev–Trinajstić information content (AvgIpc) is 3.23. The van der Waals surface area contributed by atoms with Gasteiger partial charge < -0.3 is 20.4 Å². The van der Waals surface area contributed by atoms with Crippen LogP contribution in [0.15, 0.2) is 12.1 Å². The van der Waals surface area contributed by atoms with Gasteiger partial charge in [-0.3, -0.25) is 0 Å². The predicted molar refractivity (Wildman–Crippen MR) is 124 cm³/mol. The molecule has 1 aliphatic rings. The summed E-state index contributed by atoms with van der Waals surface area (Å²) in [6.07, 6.45) is 1.63. The highest BCUT2D eigenvalue weighted by Gasteiger charge is 2.20. The number of fused-ring (bicyclic) bond motifs is 2. The Morgan fingerprint density at radius 1 is 1.31 bits per heavy atom. The highest BCUT2D eigenvalue weighted by atomic mass is 127. The maximum atomic E-state index is 6.09. The third kappa shape index (κ3) is 4.44. The first-order valence-corrected chi connectivity index (χ1v) is 11.2. The third-order valence-electron chi connectivity index (χ3n) is 4.95. The predicted octanol–water partition coefficient (Wildman–Crippen LogP) is 3.44. The van der Waals surface area contributed by atoms with Gasteiger partial charge in [-0.05, 0) is 63.8 Å². The summed E-state index contributed by atoms with van der Waals surface area (Å²) in [5, 5.41) is 3.62. The number of nitrogens with two attached hydrogens (primary N) is 1. The van der Waals surface area contributed by atoms with Crippen LogP contribution in [0.3, 0.4) is 0 Å². The number of nitrogens with zero attached hydrogens (tertiary/aromatic N) is 4. The highest BCUT2D eigenvalue weighted by Crippen LogP contribution is 2.31. The molecule has 0 amide bonds. The minimum Gasteiger partial charge on any atom is -0.493 e. The second kappa shape index (κ2) is 8.61. The molecule has 3 heterocycles. The molecule has 0 spiro atoms. The number of hydrogen-bond donors (Lipinski definition) is 2. The molecule has 0 fully saturated rings. The maximum absolute atomic E-state index is 6.09. The molecule has 1 aliphatic heterocycles. The van der Waals surface area contributed by atoms with E-state index in [9.17, 15) is 0 Å². The van der Waals surface area contributed by atoms with Gasteiger partial charge in [0.1, 0.15) is 11.6 Å². The number of rotatable bonds is 7. The lowest BCUT2D eigenvalue weighted by Gasteiger charge is -2.12. The van der Waals surface area contributed by atoms with Crippen LogP contribution in [0.5, 0.6) is 5.75 Å². The molecule has 0 saturated heterocycles. The van der Waals surface area contributed by atoms with Gasteiger partial charge in [0.2, 0.25) is 5.28 Å². The lowest BCUT2D eigenvalue weighted by Crippen LogP contribution is -2.24. The molecule has 0 aliphatic carbocycles. The van der Waals surface area contributed by atoms with Crippen molar-refractivity contribution in [3.8, 4) is 5.75 Å². The van der Waals surface area contributed by atoms with E-state index in [1.165, 1.54) is 11.1 Å². The number of nitrogen functional groups attached to an aromatic ring is 1. The first-order chi connectivity index (χ1) is 13.9. The minimum atomic E-state index is 0.141. The molecule has 2 aromatic heterocycles. The van der Waals surface area contributed by atoms with E-state index in [4.69, 9.17) is 27.1 Å². The summed E-state index contributed by atoms with van der Waals surface area (Å²) in [5.74, 6) is 2.81. The summed E-state index contributed by atoms with van der Waals surface area (Å²) in [6.45, 7) is 7.64. The largest absolute Gasteiger partial charge is 0.493 e. The van der Waals surface area contributed by atoms with Gasteiger partial charge in [0.05, 0.1) is 6.61 Å². The molecule has 9 heteroatoms.